The van der Waals surface area contributed by atoms with Crippen molar-refractivity contribution in [2.45, 2.75) is 95.9 Å². The average molecular weight is 447 g/mol. The topological polar surface area (TPSA) is 56.2 Å². The first kappa shape index (κ1) is 22.3. The molecule has 0 aromatic rings. The van der Waals surface area contributed by atoms with Crippen LogP contribution in [0.5, 0.6) is 0 Å². The average Bonchev–Trinajstić information content (AvgIpc) is 3.41. The third-order valence-electron chi connectivity index (χ3n) is 11.8. The lowest BCUT2D eigenvalue weighted by Crippen LogP contribution is -2.61. The van der Waals surface area contributed by atoms with Crippen LogP contribution < -0.4 is 0 Å². The van der Waals surface area contributed by atoms with Crippen molar-refractivity contribution in [2.24, 2.45) is 34.5 Å². The SMILES string of the molecule is C[C@]12CCC3C(CC[C@H]4C[C@H](O)[C@@H](N5CCOCC5)C[C@]34C)C1C[C@H](N1CCCC1)[C@@H]2O. The van der Waals surface area contributed by atoms with Crippen molar-refractivity contribution >= 4 is 0 Å². The lowest BCUT2D eigenvalue weighted by molar-refractivity contribution is -0.158. The highest BCUT2D eigenvalue weighted by Gasteiger charge is 2.63. The fourth-order valence-corrected chi connectivity index (χ4v) is 9.97. The Balaban J connectivity index is 1.25. The molecule has 10 atom stereocenters. The van der Waals surface area contributed by atoms with Crippen LogP contribution >= 0.6 is 0 Å². The maximum Gasteiger partial charge on any atom is 0.0751 e. The number of rotatable bonds is 2. The Morgan fingerprint density at radius 3 is 2.25 bits per heavy atom. The Morgan fingerprint density at radius 1 is 0.781 bits per heavy atom. The first-order chi connectivity index (χ1) is 15.4. The van der Waals surface area contributed by atoms with E-state index in [0.29, 0.717) is 29.3 Å². The molecule has 4 aliphatic carbocycles. The molecule has 0 radical (unpaired) electrons. The molecule has 6 aliphatic rings. The summed E-state index contributed by atoms with van der Waals surface area (Å²) >= 11 is 0. The van der Waals surface area contributed by atoms with E-state index in [1.807, 2.05) is 0 Å². The summed E-state index contributed by atoms with van der Waals surface area (Å²) in [6.45, 7) is 11.0. The van der Waals surface area contributed by atoms with Gasteiger partial charge in [0.2, 0.25) is 0 Å². The predicted molar refractivity (Wildman–Crippen MR) is 125 cm³/mol. The first-order valence-electron chi connectivity index (χ1n) is 13.8. The number of likely N-dealkylation sites (tertiary alicyclic amines) is 1. The third-order valence-corrected chi connectivity index (χ3v) is 11.8. The molecule has 4 saturated carbocycles. The van der Waals surface area contributed by atoms with Crippen molar-refractivity contribution in [3.8, 4) is 0 Å². The number of hydrogen-bond donors (Lipinski definition) is 2. The summed E-state index contributed by atoms with van der Waals surface area (Å²) in [6, 6.07) is 0.699. The van der Waals surface area contributed by atoms with Gasteiger partial charge in [-0.1, -0.05) is 13.8 Å². The Morgan fingerprint density at radius 2 is 1.50 bits per heavy atom. The highest BCUT2D eigenvalue weighted by Crippen LogP contribution is 2.66. The molecule has 0 aromatic carbocycles. The number of nitrogens with zero attached hydrogens (tertiary/aromatic N) is 2. The van der Waals surface area contributed by atoms with E-state index in [-0.39, 0.29) is 17.6 Å². The molecule has 2 N–H and O–H groups in total. The van der Waals surface area contributed by atoms with Crippen molar-refractivity contribution in [3.05, 3.63) is 0 Å². The second-order valence-electron chi connectivity index (χ2n) is 12.9. The van der Waals surface area contributed by atoms with Gasteiger partial charge in [0.05, 0.1) is 25.4 Å². The van der Waals surface area contributed by atoms with E-state index in [1.165, 1.54) is 58.0 Å². The lowest BCUT2D eigenvalue weighted by atomic mass is 9.44. The summed E-state index contributed by atoms with van der Waals surface area (Å²) < 4.78 is 5.61. The molecule has 182 valence electrons. The number of ether oxygens (including phenoxy) is 1. The van der Waals surface area contributed by atoms with Crippen LogP contribution in [0.2, 0.25) is 0 Å². The Kier molecular flexibility index (Phi) is 5.70. The molecule has 6 rings (SSSR count). The summed E-state index contributed by atoms with van der Waals surface area (Å²) in [5.41, 5.74) is 0.443. The Bertz CT molecular complexity index is 692. The van der Waals surface area contributed by atoms with Gasteiger partial charge in [-0.05, 0) is 105 Å². The van der Waals surface area contributed by atoms with Crippen LogP contribution in [0.1, 0.15) is 71.6 Å². The van der Waals surface area contributed by atoms with E-state index < -0.39 is 0 Å². The Hall–Kier alpha value is -0.200. The molecule has 0 spiro atoms. The second kappa shape index (κ2) is 8.19. The van der Waals surface area contributed by atoms with Gasteiger partial charge >= 0.3 is 0 Å². The van der Waals surface area contributed by atoms with E-state index in [1.54, 1.807) is 0 Å². The number of morpholine rings is 1. The van der Waals surface area contributed by atoms with E-state index in [2.05, 4.69) is 23.6 Å². The van der Waals surface area contributed by atoms with Gasteiger partial charge in [0.25, 0.3) is 0 Å². The molecule has 5 heteroatoms. The minimum atomic E-state index is -0.176. The fourth-order valence-electron chi connectivity index (χ4n) is 9.97. The summed E-state index contributed by atoms with van der Waals surface area (Å²) in [6.07, 6.45) is 10.7. The van der Waals surface area contributed by atoms with Gasteiger partial charge in [-0.3, -0.25) is 9.80 Å². The zero-order valence-electron chi connectivity index (χ0n) is 20.4. The molecule has 0 amide bonds. The van der Waals surface area contributed by atoms with Gasteiger partial charge in [-0.2, -0.15) is 0 Å². The zero-order chi connectivity index (χ0) is 22.1. The molecule has 2 aliphatic heterocycles. The van der Waals surface area contributed by atoms with E-state index >= 15 is 0 Å². The third kappa shape index (κ3) is 3.28. The maximum atomic E-state index is 11.5. The number of hydrogen-bond acceptors (Lipinski definition) is 5. The molecule has 6 fully saturated rings. The van der Waals surface area contributed by atoms with Crippen LogP contribution in [0.25, 0.3) is 0 Å². The lowest BCUT2D eigenvalue weighted by Gasteiger charge is -2.62. The van der Waals surface area contributed by atoms with Crippen molar-refractivity contribution in [2.75, 3.05) is 39.4 Å². The summed E-state index contributed by atoms with van der Waals surface area (Å²) in [4.78, 5) is 5.16. The molecule has 0 bridgehead atoms. The molecule has 2 saturated heterocycles. The number of aliphatic hydroxyl groups excluding tert-OH is 2. The monoisotopic (exact) mass is 446 g/mol. The quantitative estimate of drug-likeness (QED) is 0.683. The van der Waals surface area contributed by atoms with Crippen LogP contribution in [0.4, 0.5) is 0 Å². The molecular weight excluding hydrogens is 400 g/mol. The van der Waals surface area contributed by atoms with Gasteiger partial charge in [0, 0.05) is 25.2 Å². The van der Waals surface area contributed by atoms with Gasteiger partial charge in [0.1, 0.15) is 0 Å². The second-order valence-corrected chi connectivity index (χ2v) is 12.9. The minimum Gasteiger partial charge on any atom is -0.391 e. The molecule has 2 heterocycles. The molecule has 5 nitrogen and oxygen atoms in total. The van der Waals surface area contributed by atoms with Crippen molar-refractivity contribution in [1.29, 1.82) is 0 Å². The summed E-state index contributed by atoms with van der Waals surface area (Å²) in [5, 5.41) is 22.7. The summed E-state index contributed by atoms with van der Waals surface area (Å²) in [5.74, 6) is 2.87. The van der Waals surface area contributed by atoms with Crippen LogP contribution in [0, 0.1) is 34.5 Å². The highest BCUT2D eigenvalue weighted by atomic mass is 16.5. The number of aliphatic hydroxyl groups is 2. The fraction of sp³-hybridized carbons (Fsp3) is 1.00. The maximum absolute atomic E-state index is 11.5. The van der Waals surface area contributed by atoms with Crippen LogP contribution in [0.15, 0.2) is 0 Å². The first-order valence-corrected chi connectivity index (χ1v) is 13.8. The molecule has 0 aromatic heterocycles. The van der Waals surface area contributed by atoms with Gasteiger partial charge in [-0.25, -0.2) is 0 Å². The highest BCUT2D eigenvalue weighted by molar-refractivity contribution is 5.14. The standard InChI is InChI=1S/C27H46N2O3/c1-26-8-7-20-19(21(26)16-22(25(26)31)28-9-3-4-10-28)6-5-18-15-24(30)23(17-27(18,20)2)29-11-13-32-14-12-29/h18-25,30-31H,3-17H2,1-2H3/t18-,19?,20?,21?,22-,23-,24-,25-,26-,27-/m0/s1. The van der Waals surface area contributed by atoms with Crippen LogP contribution in [0.3, 0.4) is 0 Å². The molecule has 3 unspecified atom stereocenters. The van der Waals surface area contributed by atoms with Gasteiger partial charge < -0.3 is 14.9 Å². The smallest absolute Gasteiger partial charge is 0.0751 e. The van der Waals surface area contributed by atoms with Gasteiger partial charge in [0.15, 0.2) is 0 Å². The predicted octanol–water partition coefficient (Wildman–Crippen LogP) is 3.14. The van der Waals surface area contributed by atoms with Crippen molar-refractivity contribution < 1.29 is 14.9 Å². The summed E-state index contributed by atoms with van der Waals surface area (Å²) in [7, 11) is 0. The van der Waals surface area contributed by atoms with E-state index in [0.717, 1.165) is 51.0 Å². The number of fused-ring (bicyclic) bond motifs is 5. The molecular formula is C27H46N2O3. The largest absolute Gasteiger partial charge is 0.391 e. The van der Waals surface area contributed by atoms with E-state index in [9.17, 15) is 10.2 Å². The van der Waals surface area contributed by atoms with Crippen LogP contribution in [-0.4, -0.2) is 83.7 Å². The van der Waals surface area contributed by atoms with Gasteiger partial charge in [-0.15, -0.1) is 0 Å². The van der Waals surface area contributed by atoms with Crippen molar-refractivity contribution in [1.82, 2.24) is 9.80 Å². The van der Waals surface area contributed by atoms with Crippen LogP contribution in [-0.2, 0) is 4.74 Å². The normalized spacial score (nSPS) is 54.8. The molecule has 32 heavy (non-hydrogen) atoms. The Labute approximate surface area is 194 Å². The van der Waals surface area contributed by atoms with E-state index in [4.69, 9.17) is 4.74 Å². The zero-order valence-corrected chi connectivity index (χ0v) is 20.4. The minimum absolute atomic E-state index is 0.107. The van der Waals surface area contributed by atoms with Crippen molar-refractivity contribution in [3.63, 3.8) is 0 Å².